The van der Waals surface area contributed by atoms with E-state index in [4.69, 9.17) is 9.47 Å². The molecular weight excluding hydrogens is 372 g/mol. The van der Waals surface area contributed by atoms with E-state index in [1.807, 2.05) is 43.3 Å². The first-order chi connectivity index (χ1) is 11.7. The van der Waals surface area contributed by atoms with Gasteiger partial charge in [-0.05, 0) is 36.8 Å². The van der Waals surface area contributed by atoms with Crippen LogP contribution in [0.1, 0.15) is 18.9 Å². The van der Waals surface area contributed by atoms with E-state index in [9.17, 15) is 4.79 Å². The minimum Gasteiger partial charge on any atom is -0.493 e. The summed E-state index contributed by atoms with van der Waals surface area (Å²) in [5.74, 6) is 1.03. The molecule has 0 aliphatic heterocycles. The molecule has 0 spiro atoms. The molecule has 0 aromatic heterocycles. The van der Waals surface area contributed by atoms with Gasteiger partial charge < -0.3 is 9.47 Å². The molecule has 0 aliphatic carbocycles. The Morgan fingerprint density at radius 1 is 1.21 bits per heavy atom. The van der Waals surface area contributed by atoms with Crippen LogP contribution < -0.4 is 14.9 Å². The van der Waals surface area contributed by atoms with Crippen molar-refractivity contribution in [1.82, 2.24) is 5.43 Å². The number of nitrogens with zero attached hydrogens (tertiary/aromatic N) is 1. The zero-order valence-electron chi connectivity index (χ0n) is 13.4. The molecule has 0 aliphatic rings. The number of carbonyl (C=O) groups excluding carboxylic acids is 1. The molecule has 2 rings (SSSR count). The van der Waals surface area contributed by atoms with Gasteiger partial charge in [0.1, 0.15) is 11.5 Å². The Labute approximate surface area is 149 Å². The summed E-state index contributed by atoms with van der Waals surface area (Å²) in [7, 11) is 0. The van der Waals surface area contributed by atoms with Gasteiger partial charge >= 0.3 is 0 Å². The molecule has 24 heavy (non-hydrogen) atoms. The summed E-state index contributed by atoms with van der Waals surface area (Å²) in [5.41, 5.74) is 3.22. The summed E-state index contributed by atoms with van der Waals surface area (Å²) >= 11 is 3.41. The van der Waals surface area contributed by atoms with Crippen LogP contribution in [0.15, 0.2) is 58.1 Å². The smallest absolute Gasteiger partial charge is 0.277 e. The highest BCUT2D eigenvalue weighted by atomic mass is 79.9. The van der Waals surface area contributed by atoms with Crippen LogP contribution in [0.3, 0.4) is 0 Å². The lowest BCUT2D eigenvalue weighted by Gasteiger charge is -2.08. The van der Waals surface area contributed by atoms with Gasteiger partial charge in [0.05, 0.1) is 12.8 Å². The number of rotatable bonds is 8. The van der Waals surface area contributed by atoms with Crippen molar-refractivity contribution in [2.75, 3.05) is 13.2 Å². The van der Waals surface area contributed by atoms with Gasteiger partial charge in [-0.15, -0.1) is 0 Å². The van der Waals surface area contributed by atoms with Gasteiger partial charge in [0.2, 0.25) is 0 Å². The van der Waals surface area contributed by atoms with Crippen LogP contribution in [-0.4, -0.2) is 25.3 Å². The molecule has 5 nitrogen and oxygen atoms in total. The first-order valence-corrected chi connectivity index (χ1v) is 8.40. The predicted molar refractivity (Wildman–Crippen MR) is 97.6 cm³/mol. The average molecular weight is 391 g/mol. The quantitative estimate of drug-likeness (QED) is 0.551. The molecule has 0 bridgehead atoms. The van der Waals surface area contributed by atoms with Crippen molar-refractivity contribution in [3.8, 4) is 11.5 Å². The third kappa shape index (κ3) is 6.04. The van der Waals surface area contributed by atoms with Gasteiger partial charge in [-0.2, -0.15) is 5.10 Å². The minimum absolute atomic E-state index is 0.0982. The van der Waals surface area contributed by atoms with Gasteiger partial charge in [-0.1, -0.05) is 41.1 Å². The van der Waals surface area contributed by atoms with Crippen molar-refractivity contribution < 1.29 is 14.3 Å². The largest absolute Gasteiger partial charge is 0.493 e. The lowest BCUT2D eigenvalue weighted by Crippen LogP contribution is -2.24. The molecule has 0 saturated carbocycles. The highest BCUT2D eigenvalue weighted by Crippen LogP contribution is 2.21. The summed E-state index contributed by atoms with van der Waals surface area (Å²) in [5, 5.41) is 3.96. The van der Waals surface area contributed by atoms with E-state index in [2.05, 4.69) is 26.5 Å². The van der Waals surface area contributed by atoms with Gasteiger partial charge in [-0.3, -0.25) is 4.79 Å². The van der Waals surface area contributed by atoms with E-state index in [1.165, 1.54) is 0 Å². The summed E-state index contributed by atoms with van der Waals surface area (Å²) in [4.78, 5) is 11.7. The van der Waals surface area contributed by atoms with Gasteiger partial charge in [0.25, 0.3) is 5.91 Å². The van der Waals surface area contributed by atoms with Crippen molar-refractivity contribution >= 4 is 28.1 Å². The van der Waals surface area contributed by atoms with Crippen molar-refractivity contribution in [3.63, 3.8) is 0 Å². The second kappa shape index (κ2) is 9.72. The van der Waals surface area contributed by atoms with Gasteiger partial charge in [-0.25, -0.2) is 5.43 Å². The Hall–Kier alpha value is -2.34. The van der Waals surface area contributed by atoms with Crippen LogP contribution in [0.4, 0.5) is 0 Å². The number of nitrogens with one attached hydrogen (secondary N) is 1. The third-order valence-electron chi connectivity index (χ3n) is 2.94. The Morgan fingerprint density at radius 2 is 2.00 bits per heavy atom. The molecule has 0 unspecified atom stereocenters. The maximum atomic E-state index is 11.7. The second-order valence-electron chi connectivity index (χ2n) is 4.93. The zero-order chi connectivity index (χ0) is 17.2. The van der Waals surface area contributed by atoms with E-state index in [0.717, 1.165) is 22.2 Å². The number of carbonyl (C=O) groups is 1. The van der Waals surface area contributed by atoms with E-state index in [0.29, 0.717) is 12.4 Å². The molecule has 1 N–H and O–H groups in total. The number of benzene rings is 2. The van der Waals surface area contributed by atoms with Crippen LogP contribution in [-0.2, 0) is 4.79 Å². The molecule has 0 heterocycles. The first-order valence-electron chi connectivity index (χ1n) is 7.61. The van der Waals surface area contributed by atoms with Crippen molar-refractivity contribution in [2.45, 2.75) is 13.3 Å². The number of halogens is 1. The van der Waals surface area contributed by atoms with Crippen LogP contribution in [0.5, 0.6) is 11.5 Å². The molecule has 0 radical (unpaired) electrons. The summed E-state index contributed by atoms with van der Waals surface area (Å²) < 4.78 is 11.9. The van der Waals surface area contributed by atoms with Crippen LogP contribution in [0.2, 0.25) is 0 Å². The van der Waals surface area contributed by atoms with Crippen LogP contribution in [0, 0.1) is 0 Å². The Bertz CT molecular complexity index is 690. The molecular formula is C18H19BrN2O3. The van der Waals surface area contributed by atoms with Crippen LogP contribution in [0.25, 0.3) is 0 Å². The number of hydrazone groups is 1. The molecule has 126 valence electrons. The molecule has 0 fully saturated rings. The predicted octanol–water partition coefficient (Wildman–Crippen LogP) is 3.77. The first kappa shape index (κ1) is 18.0. The molecule has 2 aromatic carbocycles. The summed E-state index contributed by atoms with van der Waals surface area (Å²) in [6.07, 6.45) is 2.47. The second-order valence-corrected chi connectivity index (χ2v) is 5.84. The fraction of sp³-hybridized carbons (Fsp3) is 0.222. The third-order valence-corrected chi connectivity index (χ3v) is 3.43. The van der Waals surface area contributed by atoms with E-state index < -0.39 is 0 Å². The zero-order valence-corrected chi connectivity index (χ0v) is 15.0. The van der Waals surface area contributed by atoms with E-state index in [1.54, 1.807) is 18.3 Å². The number of amides is 1. The lowest BCUT2D eigenvalue weighted by atomic mass is 10.2. The Kier molecular flexibility index (Phi) is 7.29. The van der Waals surface area contributed by atoms with E-state index >= 15 is 0 Å². The monoisotopic (exact) mass is 390 g/mol. The maximum absolute atomic E-state index is 11.7. The van der Waals surface area contributed by atoms with Crippen molar-refractivity contribution in [3.05, 3.63) is 58.6 Å². The maximum Gasteiger partial charge on any atom is 0.277 e. The number of ether oxygens (including phenoxy) is 2. The lowest BCUT2D eigenvalue weighted by molar-refractivity contribution is -0.123. The highest BCUT2D eigenvalue weighted by Gasteiger charge is 2.04. The highest BCUT2D eigenvalue weighted by molar-refractivity contribution is 9.10. The average Bonchev–Trinajstić information content (AvgIpc) is 2.60. The number of para-hydroxylation sites is 1. The fourth-order valence-corrected chi connectivity index (χ4v) is 2.21. The van der Waals surface area contributed by atoms with Gasteiger partial charge in [0.15, 0.2) is 6.61 Å². The minimum atomic E-state index is -0.332. The Balaban J connectivity index is 1.88. The summed E-state index contributed by atoms with van der Waals surface area (Å²) in [6.45, 7) is 2.57. The topological polar surface area (TPSA) is 59.9 Å². The van der Waals surface area contributed by atoms with Crippen molar-refractivity contribution in [2.24, 2.45) is 5.10 Å². The molecule has 1 amide bonds. The molecule has 0 saturated heterocycles. The van der Waals surface area contributed by atoms with E-state index in [-0.39, 0.29) is 12.5 Å². The van der Waals surface area contributed by atoms with Gasteiger partial charge in [0, 0.05) is 10.0 Å². The van der Waals surface area contributed by atoms with Crippen LogP contribution >= 0.6 is 15.9 Å². The molecule has 0 atom stereocenters. The molecule has 6 heteroatoms. The standard InChI is InChI=1S/C18H19BrN2O3/c1-2-10-23-17-9-8-15(19)11-14(17)12-20-21-18(22)13-24-16-6-4-3-5-7-16/h3-9,11-12H,2,10,13H2,1H3,(H,21,22). The summed E-state index contributed by atoms with van der Waals surface area (Å²) in [6, 6.07) is 14.8. The number of hydrogen-bond acceptors (Lipinski definition) is 4. The van der Waals surface area contributed by atoms with Crippen molar-refractivity contribution in [1.29, 1.82) is 0 Å². The number of hydrogen-bond donors (Lipinski definition) is 1. The Morgan fingerprint density at radius 3 is 2.75 bits per heavy atom. The SMILES string of the molecule is CCCOc1ccc(Br)cc1C=NNC(=O)COc1ccccc1. The molecule has 2 aromatic rings. The normalized spacial score (nSPS) is 10.6. The fourth-order valence-electron chi connectivity index (χ4n) is 1.84.